The van der Waals surface area contributed by atoms with Gasteiger partial charge in [-0.25, -0.2) is 0 Å². The van der Waals surface area contributed by atoms with Crippen molar-refractivity contribution in [2.24, 2.45) is 5.92 Å². The number of rotatable bonds is 6. The SMILES string of the molecule is CCOC(=O)C1CCN(C(=O)C2COC3(CCN(C(=O)CC)CC3)N2C(=O)c2cccc(OC)c2)CC1. The Morgan fingerprint density at radius 1 is 1.03 bits per heavy atom. The number of carbonyl (C=O) groups is 4. The van der Waals surface area contributed by atoms with Crippen molar-refractivity contribution in [2.75, 3.05) is 46.5 Å². The Kier molecular flexibility index (Phi) is 8.36. The largest absolute Gasteiger partial charge is 0.497 e. The van der Waals surface area contributed by atoms with Crippen LogP contribution in [0.25, 0.3) is 0 Å². The zero-order valence-electron chi connectivity index (χ0n) is 21.9. The predicted molar refractivity (Wildman–Crippen MR) is 134 cm³/mol. The topological polar surface area (TPSA) is 106 Å². The van der Waals surface area contributed by atoms with E-state index in [0.29, 0.717) is 76.2 Å². The first-order valence-electron chi connectivity index (χ1n) is 13.2. The molecule has 0 aliphatic carbocycles. The van der Waals surface area contributed by atoms with Crippen molar-refractivity contribution in [1.82, 2.24) is 14.7 Å². The summed E-state index contributed by atoms with van der Waals surface area (Å²) in [4.78, 5) is 57.2. The minimum Gasteiger partial charge on any atom is -0.497 e. The maximum absolute atomic E-state index is 13.9. The van der Waals surface area contributed by atoms with Gasteiger partial charge >= 0.3 is 5.97 Å². The quantitative estimate of drug-likeness (QED) is 0.534. The van der Waals surface area contributed by atoms with Crippen LogP contribution in [0.4, 0.5) is 0 Å². The molecule has 0 radical (unpaired) electrons. The lowest BCUT2D eigenvalue weighted by atomic mass is 9.95. The van der Waals surface area contributed by atoms with E-state index >= 15 is 0 Å². The Bertz CT molecular complexity index is 1010. The van der Waals surface area contributed by atoms with Gasteiger partial charge in [0.1, 0.15) is 17.5 Å². The molecule has 0 bridgehead atoms. The molecule has 1 spiro atoms. The molecule has 10 heteroatoms. The van der Waals surface area contributed by atoms with E-state index in [4.69, 9.17) is 14.2 Å². The molecular formula is C27H37N3O7. The zero-order valence-corrected chi connectivity index (χ0v) is 21.9. The molecule has 1 unspecified atom stereocenters. The van der Waals surface area contributed by atoms with Crippen LogP contribution in [0, 0.1) is 5.92 Å². The van der Waals surface area contributed by atoms with E-state index < -0.39 is 11.8 Å². The Morgan fingerprint density at radius 2 is 1.73 bits per heavy atom. The van der Waals surface area contributed by atoms with Crippen LogP contribution in [0.1, 0.15) is 56.3 Å². The van der Waals surface area contributed by atoms with Gasteiger partial charge in [0.05, 0.1) is 26.2 Å². The Balaban J connectivity index is 1.56. The van der Waals surface area contributed by atoms with Crippen LogP contribution in [0.3, 0.4) is 0 Å². The van der Waals surface area contributed by atoms with Crippen LogP contribution >= 0.6 is 0 Å². The molecule has 37 heavy (non-hydrogen) atoms. The fraction of sp³-hybridized carbons (Fsp3) is 0.630. The van der Waals surface area contributed by atoms with Crippen LogP contribution in [-0.4, -0.2) is 96.7 Å². The molecule has 10 nitrogen and oxygen atoms in total. The summed E-state index contributed by atoms with van der Waals surface area (Å²) in [6, 6.07) is 6.09. The lowest BCUT2D eigenvalue weighted by Gasteiger charge is -2.45. The molecule has 3 aliphatic heterocycles. The van der Waals surface area contributed by atoms with Crippen LogP contribution < -0.4 is 4.74 Å². The lowest BCUT2D eigenvalue weighted by Crippen LogP contribution is -2.60. The van der Waals surface area contributed by atoms with Crippen LogP contribution in [0.15, 0.2) is 24.3 Å². The first-order valence-corrected chi connectivity index (χ1v) is 13.2. The number of methoxy groups -OCH3 is 1. The molecule has 4 rings (SSSR count). The van der Waals surface area contributed by atoms with Crippen molar-refractivity contribution in [3.63, 3.8) is 0 Å². The molecule has 1 aromatic rings. The van der Waals surface area contributed by atoms with E-state index in [1.54, 1.807) is 45.9 Å². The minimum atomic E-state index is -0.964. The summed E-state index contributed by atoms with van der Waals surface area (Å²) in [5.41, 5.74) is -0.552. The fourth-order valence-corrected chi connectivity index (χ4v) is 5.59. The number of hydrogen-bond acceptors (Lipinski definition) is 7. The van der Waals surface area contributed by atoms with Gasteiger partial charge in [0.15, 0.2) is 0 Å². The van der Waals surface area contributed by atoms with E-state index in [-0.39, 0.29) is 36.2 Å². The molecule has 3 fully saturated rings. The van der Waals surface area contributed by atoms with E-state index in [1.165, 1.54) is 7.11 Å². The highest BCUT2D eigenvalue weighted by atomic mass is 16.5. The molecule has 202 valence electrons. The third-order valence-electron chi connectivity index (χ3n) is 7.71. The monoisotopic (exact) mass is 515 g/mol. The molecule has 3 saturated heterocycles. The van der Waals surface area contributed by atoms with Crippen molar-refractivity contribution >= 4 is 23.7 Å². The van der Waals surface area contributed by atoms with Crippen molar-refractivity contribution in [2.45, 2.75) is 57.7 Å². The highest BCUT2D eigenvalue weighted by Gasteiger charge is 2.55. The van der Waals surface area contributed by atoms with Crippen LogP contribution in [0.5, 0.6) is 5.75 Å². The van der Waals surface area contributed by atoms with E-state index in [0.717, 1.165) is 0 Å². The number of nitrogens with zero attached hydrogens (tertiary/aromatic N) is 3. The number of benzene rings is 1. The van der Waals surface area contributed by atoms with E-state index in [9.17, 15) is 19.2 Å². The number of piperidine rings is 2. The molecular weight excluding hydrogens is 478 g/mol. The Morgan fingerprint density at radius 3 is 2.35 bits per heavy atom. The summed E-state index contributed by atoms with van der Waals surface area (Å²) in [6.07, 6.45) is 2.35. The number of hydrogen-bond donors (Lipinski definition) is 0. The van der Waals surface area contributed by atoms with Gasteiger partial charge in [0.25, 0.3) is 5.91 Å². The summed E-state index contributed by atoms with van der Waals surface area (Å²) in [6.45, 7) is 5.80. The van der Waals surface area contributed by atoms with Crippen molar-refractivity contribution in [3.8, 4) is 5.75 Å². The molecule has 3 heterocycles. The number of amides is 3. The predicted octanol–water partition coefficient (Wildman–Crippen LogP) is 2.07. The standard InChI is InChI=1S/C27H37N3O7/c1-4-23(31)28-15-11-27(12-16-28)30(24(32)20-7-6-8-21(17-20)35-3)22(18-37-27)25(33)29-13-9-19(10-14-29)26(34)36-5-2/h6-8,17,19,22H,4-5,9-16,18H2,1-3H3. The van der Waals surface area contributed by atoms with Gasteiger partial charge in [-0.15, -0.1) is 0 Å². The number of ether oxygens (including phenoxy) is 3. The second-order valence-corrected chi connectivity index (χ2v) is 9.77. The minimum absolute atomic E-state index is 0.0654. The van der Waals surface area contributed by atoms with Crippen LogP contribution in [0.2, 0.25) is 0 Å². The number of likely N-dealkylation sites (tertiary alicyclic amines) is 2. The second kappa shape index (κ2) is 11.5. The molecule has 3 aliphatic rings. The molecule has 0 saturated carbocycles. The van der Waals surface area contributed by atoms with Gasteiger partial charge in [-0.05, 0) is 38.0 Å². The average molecular weight is 516 g/mol. The first kappa shape index (κ1) is 26.9. The van der Waals surface area contributed by atoms with Gasteiger partial charge in [-0.2, -0.15) is 0 Å². The number of carbonyl (C=O) groups excluding carboxylic acids is 4. The Hall–Kier alpha value is -3.14. The molecule has 0 aromatic heterocycles. The number of esters is 1. The summed E-state index contributed by atoms with van der Waals surface area (Å²) in [5, 5.41) is 0. The zero-order chi connectivity index (χ0) is 26.6. The van der Waals surface area contributed by atoms with Gasteiger partial charge in [-0.1, -0.05) is 13.0 Å². The van der Waals surface area contributed by atoms with Gasteiger partial charge in [-0.3, -0.25) is 24.1 Å². The van der Waals surface area contributed by atoms with E-state index in [1.807, 2.05) is 6.92 Å². The highest BCUT2D eigenvalue weighted by Crippen LogP contribution is 2.39. The highest BCUT2D eigenvalue weighted by molar-refractivity contribution is 5.99. The maximum atomic E-state index is 13.9. The molecule has 0 N–H and O–H groups in total. The molecule has 1 atom stereocenters. The van der Waals surface area contributed by atoms with Gasteiger partial charge in [0, 0.05) is 51.0 Å². The van der Waals surface area contributed by atoms with Crippen molar-refractivity contribution in [3.05, 3.63) is 29.8 Å². The first-order chi connectivity index (χ1) is 17.8. The molecule has 3 amide bonds. The van der Waals surface area contributed by atoms with Crippen molar-refractivity contribution in [1.29, 1.82) is 0 Å². The van der Waals surface area contributed by atoms with E-state index in [2.05, 4.69) is 0 Å². The third kappa shape index (κ3) is 5.44. The van der Waals surface area contributed by atoms with Crippen LogP contribution in [-0.2, 0) is 23.9 Å². The maximum Gasteiger partial charge on any atom is 0.309 e. The average Bonchev–Trinajstić information content (AvgIpc) is 3.30. The molecule has 1 aromatic carbocycles. The smallest absolute Gasteiger partial charge is 0.309 e. The van der Waals surface area contributed by atoms with Gasteiger partial charge < -0.3 is 24.0 Å². The second-order valence-electron chi connectivity index (χ2n) is 9.77. The summed E-state index contributed by atoms with van der Waals surface area (Å²) < 4.78 is 16.7. The van der Waals surface area contributed by atoms with Crippen molar-refractivity contribution < 1.29 is 33.4 Å². The summed E-state index contributed by atoms with van der Waals surface area (Å²) in [7, 11) is 1.54. The fourth-order valence-electron chi connectivity index (χ4n) is 5.59. The van der Waals surface area contributed by atoms with Gasteiger partial charge in [0.2, 0.25) is 11.8 Å². The summed E-state index contributed by atoms with van der Waals surface area (Å²) in [5.74, 6) is -0.303. The lowest BCUT2D eigenvalue weighted by molar-refractivity contribution is -0.152. The third-order valence-corrected chi connectivity index (χ3v) is 7.71. The summed E-state index contributed by atoms with van der Waals surface area (Å²) >= 11 is 0. The normalized spacial score (nSPS) is 21.7. The Labute approximate surface area is 217 Å².